The number of nitriles is 1. The highest BCUT2D eigenvalue weighted by atomic mass is 16.5. The number of esters is 1. The minimum atomic E-state index is -0.647. The third-order valence-electron chi connectivity index (χ3n) is 6.07. The topological polar surface area (TPSA) is 63.0 Å². The van der Waals surface area contributed by atoms with Crippen LogP contribution in [0.1, 0.15) is 58.1 Å². The van der Waals surface area contributed by atoms with Gasteiger partial charge in [0, 0.05) is 6.20 Å². The van der Waals surface area contributed by atoms with Crippen LogP contribution in [0, 0.1) is 11.3 Å². The van der Waals surface area contributed by atoms with Gasteiger partial charge in [0.1, 0.15) is 11.8 Å². The predicted octanol–water partition coefficient (Wildman–Crippen LogP) is 6.27. The highest BCUT2D eigenvalue weighted by Gasteiger charge is 2.40. The normalized spacial score (nSPS) is 11.1. The molecule has 0 N–H and O–H groups in total. The van der Waals surface area contributed by atoms with Crippen LogP contribution < -0.4 is 0 Å². The van der Waals surface area contributed by atoms with Gasteiger partial charge in [-0.3, -0.25) is 0 Å². The van der Waals surface area contributed by atoms with Gasteiger partial charge in [-0.2, -0.15) is 5.26 Å². The average Bonchev–Trinajstić information content (AvgIpc) is 2.89. The maximum Gasteiger partial charge on any atom is 0.357 e. The molecule has 0 saturated heterocycles. The highest BCUT2D eigenvalue weighted by molar-refractivity contribution is 5.87. The molecule has 0 radical (unpaired) electrons. The Kier molecular flexibility index (Phi) is 6.85. The summed E-state index contributed by atoms with van der Waals surface area (Å²) in [7, 11) is 0. The second kappa shape index (κ2) is 10.1. The van der Waals surface area contributed by atoms with Crippen LogP contribution in [0.5, 0.6) is 0 Å². The lowest BCUT2D eigenvalue weighted by molar-refractivity contribution is 0.0548. The summed E-state index contributed by atoms with van der Waals surface area (Å²) in [6.45, 7) is 4.10. The Morgan fingerprint density at radius 2 is 1.44 bits per heavy atom. The van der Waals surface area contributed by atoms with E-state index in [1.54, 1.807) is 12.3 Å². The Morgan fingerprint density at radius 1 is 0.853 bits per heavy atom. The molecule has 0 aliphatic carbocycles. The smallest absolute Gasteiger partial charge is 0.357 e. The van der Waals surface area contributed by atoms with Gasteiger partial charge in [-0.05, 0) is 39.8 Å². The third-order valence-corrected chi connectivity index (χ3v) is 6.07. The van der Waals surface area contributed by atoms with E-state index in [0.29, 0.717) is 5.92 Å². The molecule has 34 heavy (non-hydrogen) atoms. The van der Waals surface area contributed by atoms with E-state index in [1.165, 1.54) is 11.1 Å². The van der Waals surface area contributed by atoms with Crippen LogP contribution in [-0.4, -0.2) is 17.6 Å². The van der Waals surface area contributed by atoms with Crippen molar-refractivity contribution in [3.8, 4) is 6.07 Å². The molecule has 0 amide bonds. The van der Waals surface area contributed by atoms with Crippen molar-refractivity contribution in [2.45, 2.75) is 25.2 Å². The van der Waals surface area contributed by atoms with E-state index >= 15 is 0 Å². The molecule has 3 aromatic carbocycles. The first kappa shape index (κ1) is 22.9. The van der Waals surface area contributed by atoms with Crippen molar-refractivity contribution in [2.24, 2.45) is 0 Å². The summed E-state index contributed by atoms with van der Waals surface area (Å²) < 4.78 is 4.94. The van der Waals surface area contributed by atoms with Crippen molar-refractivity contribution >= 4 is 5.97 Å². The molecule has 0 aliphatic rings. The van der Waals surface area contributed by atoms with Crippen LogP contribution in [0.2, 0.25) is 0 Å². The molecular weight excluding hydrogens is 420 g/mol. The number of ether oxygens (including phenoxy) is 1. The van der Waals surface area contributed by atoms with Gasteiger partial charge in [0.25, 0.3) is 0 Å². The number of rotatable bonds is 7. The van der Waals surface area contributed by atoms with Crippen molar-refractivity contribution < 1.29 is 9.53 Å². The van der Waals surface area contributed by atoms with Gasteiger partial charge in [0.2, 0.25) is 0 Å². The Bertz CT molecular complexity index is 1250. The predicted molar refractivity (Wildman–Crippen MR) is 133 cm³/mol. The maximum atomic E-state index is 12.3. The van der Waals surface area contributed by atoms with Gasteiger partial charge in [0.05, 0.1) is 5.41 Å². The van der Waals surface area contributed by atoms with E-state index in [2.05, 4.69) is 67.4 Å². The summed E-state index contributed by atoms with van der Waals surface area (Å²) in [5.41, 5.74) is 5.09. The third kappa shape index (κ3) is 4.21. The molecule has 0 saturated carbocycles. The average molecular weight is 447 g/mol. The summed E-state index contributed by atoms with van der Waals surface area (Å²) in [4.78, 5) is 16.7. The van der Waals surface area contributed by atoms with Crippen LogP contribution in [0.3, 0.4) is 0 Å². The first-order valence-electron chi connectivity index (χ1n) is 11.3. The SMILES string of the molecule is CC(C)c1ccccc1C(c1ccccc1)(c1ccccc1)c1ccc(C(=O)OCC#N)nc1. The van der Waals surface area contributed by atoms with Crippen molar-refractivity contribution in [3.63, 3.8) is 0 Å². The molecule has 0 atom stereocenters. The van der Waals surface area contributed by atoms with Gasteiger partial charge >= 0.3 is 5.97 Å². The zero-order chi connectivity index (χ0) is 24.0. The van der Waals surface area contributed by atoms with Crippen molar-refractivity contribution in [2.75, 3.05) is 6.61 Å². The van der Waals surface area contributed by atoms with Gasteiger partial charge in [0.15, 0.2) is 6.61 Å². The first-order chi connectivity index (χ1) is 16.6. The molecule has 0 aliphatic heterocycles. The van der Waals surface area contributed by atoms with Crippen molar-refractivity contribution in [1.29, 1.82) is 5.26 Å². The molecule has 168 valence electrons. The number of benzene rings is 3. The van der Waals surface area contributed by atoms with E-state index in [0.717, 1.165) is 16.7 Å². The zero-order valence-corrected chi connectivity index (χ0v) is 19.3. The molecular formula is C30H26N2O2. The molecule has 0 unspecified atom stereocenters. The fraction of sp³-hybridized carbons (Fsp3) is 0.167. The lowest BCUT2D eigenvalue weighted by atomic mass is 9.63. The highest BCUT2D eigenvalue weighted by Crippen LogP contribution is 2.47. The Morgan fingerprint density at radius 3 is 1.97 bits per heavy atom. The summed E-state index contributed by atoms with van der Waals surface area (Å²) in [5, 5.41) is 8.71. The summed E-state index contributed by atoms with van der Waals surface area (Å²) in [6, 6.07) is 34.7. The van der Waals surface area contributed by atoms with Gasteiger partial charge in [-0.25, -0.2) is 9.78 Å². The monoisotopic (exact) mass is 446 g/mol. The second-order valence-electron chi connectivity index (χ2n) is 8.39. The van der Waals surface area contributed by atoms with E-state index in [4.69, 9.17) is 10.00 Å². The fourth-order valence-corrected chi connectivity index (χ4v) is 4.59. The van der Waals surface area contributed by atoms with Crippen LogP contribution in [0.15, 0.2) is 103 Å². The van der Waals surface area contributed by atoms with Crippen molar-refractivity contribution in [3.05, 3.63) is 137 Å². The largest absolute Gasteiger partial charge is 0.446 e. The summed E-state index contributed by atoms with van der Waals surface area (Å²) in [5.74, 6) is -0.308. The van der Waals surface area contributed by atoms with Crippen molar-refractivity contribution in [1.82, 2.24) is 4.98 Å². The lowest BCUT2D eigenvalue weighted by Crippen LogP contribution is -2.32. The molecule has 0 bridgehead atoms. The number of aromatic nitrogens is 1. The lowest BCUT2D eigenvalue weighted by Gasteiger charge is -2.38. The van der Waals surface area contributed by atoms with E-state index in [1.807, 2.05) is 48.5 Å². The maximum absolute atomic E-state index is 12.3. The molecule has 0 fully saturated rings. The van der Waals surface area contributed by atoms with Crippen LogP contribution in [-0.2, 0) is 10.2 Å². The van der Waals surface area contributed by atoms with E-state index < -0.39 is 11.4 Å². The van der Waals surface area contributed by atoms with Gasteiger partial charge in [-0.1, -0.05) is 105 Å². The zero-order valence-electron chi connectivity index (χ0n) is 19.3. The standard InChI is InChI=1S/C30H26N2O2/c1-22(2)26-15-9-10-16-27(26)30(23-11-5-3-6-12-23,24-13-7-4-8-14-24)25-17-18-28(32-21-25)29(33)34-20-19-31/h3-18,21-22H,20H2,1-2H3. The van der Waals surface area contributed by atoms with Crippen LogP contribution in [0.25, 0.3) is 0 Å². The molecule has 4 rings (SSSR count). The summed E-state index contributed by atoms with van der Waals surface area (Å²) >= 11 is 0. The van der Waals surface area contributed by atoms with Gasteiger partial charge < -0.3 is 4.74 Å². The summed E-state index contributed by atoms with van der Waals surface area (Å²) in [6.07, 6.45) is 1.75. The Hall–Kier alpha value is -4.23. The number of carbonyl (C=O) groups excluding carboxylic acids is 1. The molecule has 0 spiro atoms. The Labute approximate surface area is 200 Å². The second-order valence-corrected chi connectivity index (χ2v) is 8.39. The minimum Gasteiger partial charge on any atom is -0.446 e. The van der Waals surface area contributed by atoms with E-state index in [9.17, 15) is 4.79 Å². The fourth-order valence-electron chi connectivity index (χ4n) is 4.59. The molecule has 4 heteroatoms. The quantitative estimate of drug-likeness (QED) is 0.248. The minimum absolute atomic E-state index is 0.172. The molecule has 1 heterocycles. The number of pyridine rings is 1. The Balaban J connectivity index is 2.03. The van der Waals surface area contributed by atoms with E-state index in [-0.39, 0.29) is 12.3 Å². The molecule has 4 aromatic rings. The van der Waals surface area contributed by atoms with Crippen LogP contribution >= 0.6 is 0 Å². The molecule has 1 aromatic heterocycles. The number of hydrogen-bond donors (Lipinski definition) is 0. The van der Waals surface area contributed by atoms with Crippen LogP contribution in [0.4, 0.5) is 0 Å². The first-order valence-corrected chi connectivity index (χ1v) is 11.3. The molecule has 4 nitrogen and oxygen atoms in total. The number of carbonyl (C=O) groups is 1. The number of nitrogens with zero attached hydrogens (tertiary/aromatic N) is 2. The number of hydrogen-bond acceptors (Lipinski definition) is 4. The van der Waals surface area contributed by atoms with Gasteiger partial charge in [-0.15, -0.1) is 0 Å².